The van der Waals surface area contributed by atoms with Crippen LogP contribution in [-0.4, -0.2) is 24.7 Å². The maximum absolute atomic E-state index is 11.9. The summed E-state index contributed by atoms with van der Waals surface area (Å²) in [5.74, 6) is 1.44. The van der Waals surface area contributed by atoms with Gasteiger partial charge in [-0.15, -0.1) is 0 Å². The quantitative estimate of drug-likeness (QED) is 0.741. The van der Waals surface area contributed by atoms with Gasteiger partial charge in [0.2, 0.25) is 0 Å². The van der Waals surface area contributed by atoms with Gasteiger partial charge in [0.15, 0.2) is 0 Å². The molecule has 0 saturated heterocycles. The van der Waals surface area contributed by atoms with Crippen LogP contribution in [0.2, 0.25) is 0 Å². The van der Waals surface area contributed by atoms with E-state index in [2.05, 4.69) is 26.1 Å². The van der Waals surface area contributed by atoms with Crippen LogP contribution in [0.5, 0.6) is 0 Å². The second kappa shape index (κ2) is 7.78. The highest BCUT2D eigenvalue weighted by atomic mass is 16.5. The number of esters is 1. The standard InChI is InChI=1S/C15H29NO2/c1-5-7-14(15(17)18-6-2)16-13-9-11(3)8-12(4)10-13/h11-14,16H,5-10H2,1-4H3. The molecule has 0 aromatic rings. The van der Waals surface area contributed by atoms with Crippen LogP contribution in [0, 0.1) is 11.8 Å². The lowest BCUT2D eigenvalue weighted by Crippen LogP contribution is -2.46. The van der Waals surface area contributed by atoms with Crippen LogP contribution in [0.15, 0.2) is 0 Å². The van der Waals surface area contributed by atoms with Crippen molar-refractivity contribution in [3.8, 4) is 0 Å². The third-order valence-electron chi connectivity index (χ3n) is 3.76. The predicted molar refractivity (Wildman–Crippen MR) is 74.4 cm³/mol. The molecule has 0 spiro atoms. The zero-order valence-corrected chi connectivity index (χ0v) is 12.4. The van der Waals surface area contributed by atoms with Gasteiger partial charge in [-0.2, -0.15) is 0 Å². The van der Waals surface area contributed by atoms with Gasteiger partial charge in [0, 0.05) is 6.04 Å². The molecule has 3 unspecified atom stereocenters. The lowest BCUT2D eigenvalue weighted by Gasteiger charge is -2.34. The first-order valence-corrected chi connectivity index (χ1v) is 7.49. The van der Waals surface area contributed by atoms with Crippen LogP contribution < -0.4 is 5.32 Å². The van der Waals surface area contributed by atoms with E-state index >= 15 is 0 Å². The van der Waals surface area contributed by atoms with E-state index in [1.807, 2.05) is 6.92 Å². The summed E-state index contributed by atoms with van der Waals surface area (Å²) < 4.78 is 5.15. The molecule has 0 aliphatic heterocycles. The van der Waals surface area contributed by atoms with Gasteiger partial charge in [-0.1, -0.05) is 27.2 Å². The Bertz CT molecular complexity index is 245. The predicted octanol–water partition coefficient (Wildman–Crippen LogP) is 3.13. The molecule has 1 aliphatic rings. The van der Waals surface area contributed by atoms with Gasteiger partial charge in [0.25, 0.3) is 0 Å². The van der Waals surface area contributed by atoms with Crippen molar-refractivity contribution in [1.82, 2.24) is 5.32 Å². The highest BCUT2D eigenvalue weighted by Gasteiger charge is 2.28. The minimum atomic E-state index is -0.113. The molecule has 18 heavy (non-hydrogen) atoms. The van der Waals surface area contributed by atoms with E-state index in [9.17, 15) is 4.79 Å². The summed E-state index contributed by atoms with van der Waals surface area (Å²) in [6.45, 7) is 9.07. The van der Waals surface area contributed by atoms with Crippen molar-refractivity contribution in [3.63, 3.8) is 0 Å². The number of carbonyl (C=O) groups excluding carboxylic acids is 1. The minimum absolute atomic E-state index is 0.0785. The topological polar surface area (TPSA) is 38.3 Å². The Kier molecular flexibility index (Phi) is 6.69. The molecule has 106 valence electrons. The van der Waals surface area contributed by atoms with E-state index in [4.69, 9.17) is 4.74 Å². The first-order valence-electron chi connectivity index (χ1n) is 7.49. The average molecular weight is 255 g/mol. The number of nitrogens with one attached hydrogen (secondary N) is 1. The molecule has 0 bridgehead atoms. The van der Waals surface area contributed by atoms with Crippen molar-refractivity contribution in [1.29, 1.82) is 0 Å². The molecule has 3 atom stereocenters. The summed E-state index contributed by atoms with van der Waals surface area (Å²) in [5, 5.41) is 3.53. The highest BCUT2D eigenvalue weighted by molar-refractivity contribution is 5.75. The van der Waals surface area contributed by atoms with Crippen molar-refractivity contribution in [2.24, 2.45) is 11.8 Å². The summed E-state index contributed by atoms with van der Waals surface area (Å²) in [6.07, 6.45) is 5.57. The highest BCUT2D eigenvalue weighted by Crippen LogP contribution is 2.29. The lowest BCUT2D eigenvalue weighted by atomic mass is 9.80. The third kappa shape index (κ3) is 4.97. The van der Waals surface area contributed by atoms with Gasteiger partial charge in [0.05, 0.1) is 6.61 Å². The second-order valence-electron chi connectivity index (χ2n) is 5.87. The molecule has 3 heteroatoms. The molecule has 0 heterocycles. The van der Waals surface area contributed by atoms with Crippen LogP contribution in [0.3, 0.4) is 0 Å². The molecule has 1 saturated carbocycles. The number of hydrogen-bond acceptors (Lipinski definition) is 3. The molecule has 1 aliphatic carbocycles. The Morgan fingerprint density at radius 2 is 1.83 bits per heavy atom. The van der Waals surface area contributed by atoms with Gasteiger partial charge in [0.1, 0.15) is 6.04 Å². The Labute approximate surface area is 112 Å². The maximum Gasteiger partial charge on any atom is 0.323 e. The largest absolute Gasteiger partial charge is 0.465 e. The van der Waals surface area contributed by atoms with E-state index in [0.717, 1.165) is 24.7 Å². The summed E-state index contributed by atoms with van der Waals surface area (Å²) in [5.41, 5.74) is 0. The summed E-state index contributed by atoms with van der Waals surface area (Å²) in [6, 6.07) is 0.363. The molecule has 0 radical (unpaired) electrons. The molecular formula is C15H29NO2. The van der Waals surface area contributed by atoms with Gasteiger partial charge < -0.3 is 10.1 Å². The van der Waals surface area contributed by atoms with Crippen molar-refractivity contribution < 1.29 is 9.53 Å². The van der Waals surface area contributed by atoms with Crippen molar-refractivity contribution in [3.05, 3.63) is 0 Å². The Balaban J connectivity index is 2.51. The van der Waals surface area contributed by atoms with Gasteiger partial charge in [-0.3, -0.25) is 4.79 Å². The smallest absolute Gasteiger partial charge is 0.323 e. The summed E-state index contributed by atoms with van der Waals surface area (Å²) in [7, 11) is 0. The molecule has 1 rings (SSSR count). The lowest BCUT2D eigenvalue weighted by molar-refractivity contribution is -0.146. The van der Waals surface area contributed by atoms with Crippen LogP contribution >= 0.6 is 0 Å². The molecule has 1 fully saturated rings. The molecule has 0 aromatic carbocycles. The molecule has 1 N–H and O–H groups in total. The van der Waals surface area contributed by atoms with Gasteiger partial charge in [-0.25, -0.2) is 0 Å². The number of rotatable bonds is 6. The van der Waals surface area contributed by atoms with Crippen molar-refractivity contribution >= 4 is 5.97 Å². The van der Waals surface area contributed by atoms with E-state index in [-0.39, 0.29) is 12.0 Å². The molecular weight excluding hydrogens is 226 g/mol. The Morgan fingerprint density at radius 1 is 1.22 bits per heavy atom. The van der Waals surface area contributed by atoms with E-state index in [1.54, 1.807) is 0 Å². The molecule has 0 aromatic heterocycles. The number of ether oxygens (including phenoxy) is 1. The van der Waals surface area contributed by atoms with Crippen LogP contribution in [0.4, 0.5) is 0 Å². The second-order valence-corrected chi connectivity index (χ2v) is 5.87. The average Bonchev–Trinajstić information content (AvgIpc) is 2.27. The number of hydrogen-bond donors (Lipinski definition) is 1. The van der Waals surface area contributed by atoms with Crippen molar-refractivity contribution in [2.45, 2.75) is 71.9 Å². The van der Waals surface area contributed by atoms with Crippen LogP contribution in [-0.2, 0) is 9.53 Å². The SMILES string of the molecule is CCCC(NC1CC(C)CC(C)C1)C(=O)OCC. The Hall–Kier alpha value is -0.570. The maximum atomic E-state index is 11.9. The molecule has 3 nitrogen and oxygen atoms in total. The summed E-state index contributed by atoms with van der Waals surface area (Å²) in [4.78, 5) is 11.9. The van der Waals surface area contributed by atoms with E-state index in [0.29, 0.717) is 12.6 Å². The van der Waals surface area contributed by atoms with E-state index < -0.39 is 0 Å². The third-order valence-corrected chi connectivity index (χ3v) is 3.76. The van der Waals surface area contributed by atoms with Gasteiger partial charge in [-0.05, 0) is 44.4 Å². The Morgan fingerprint density at radius 3 is 2.33 bits per heavy atom. The van der Waals surface area contributed by atoms with E-state index in [1.165, 1.54) is 19.3 Å². The van der Waals surface area contributed by atoms with Gasteiger partial charge >= 0.3 is 5.97 Å². The monoisotopic (exact) mass is 255 g/mol. The summed E-state index contributed by atoms with van der Waals surface area (Å²) >= 11 is 0. The fourth-order valence-corrected chi connectivity index (χ4v) is 3.17. The molecule has 0 amide bonds. The zero-order chi connectivity index (χ0) is 13.5. The fourth-order valence-electron chi connectivity index (χ4n) is 3.17. The van der Waals surface area contributed by atoms with Crippen LogP contribution in [0.1, 0.15) is 59.8 Å². The minimum Gasteiger partial charge on any atom is -0.465 e. The number of carbonyl (C=O) groups is 1. The zero-order valence-electron chi connectivity index (χ0n) is 12.4. The normalized spacial score (nSPS) is 29.9. The first kappa shape index (κ1) is 15.5. The van der Waals surface area contributed by atoms with Crippen molar-refractivity contribution in [2.75, 3.05) is 6.61 Å². The first-order chi connectivity index (χ1) is 8.56. The van der Waals surface area contributed by atoms with Crippen LogP contribution in [0.25, 0.3) is 0 Å². The fraction of sp³-hybridized carbons (Fsp3) is 0.933.